The lowest BCUT2D eigenvalue weighted by Crippen LogP contribution is -2.37. The third-order valence-corrected chi connectivity index (χ3v) is 4.81. The van der Waals surface area contributed by atoms with Crippen LogP contribution in [0, 0.1) is 5.92 Å². The second kappa shape index (κ2) is 8.93. The summed E-state index contributed by atoms with van der Waals surface area (Å²) in [5.74, 6) is 1.59. The first-order valence-corrected chi connectivity index (χ1v) is 9.55. The fourth-order valence-corrected chi connectivity index (χ4v) is 3.18. The van der Waals surface area contributed by atoms with E-state index in [1.54, 1.807) is 10.9 Å². The Balaban J connectivity index is 1.43. The van der Waals surface area contributed by atoms with E-state index in [1.807, 2.05) is 13.1 Å². The molecule has 142 valence electrons. The van der Waals surface area contributed by atoms with E-state index < -0.39 is 0 Å². The Kier molecular flexibility index (Phi) is 6.38. The van der Waals surface area contributed by atoms with Gasteiger partial charge in [-0.05, 0) is 39.3 Å². The van der Waals surface area contributed by atoms with E-state index in [-0.39, 0.29) is 11.8 Å². The van der Waals surface area contributed by atoms with Crippen molar-refractivity contribution in [2.75, 3.05) is 18.4 Å². The van der Waals surface area contributed by atoms with Crippen LogP contribution in [-0.2, 0) is 24.3 Å². The molecule has 3 heterocycles. The van der Waals surface area contributed by atoms with Gasteiger partial charge in [-0.2, -0.15) is 10.1 Å². The lowest BCUT2D eigenvalue weighted by Gasteiger charge is -2.30. The maximum atomic E-state index is 12.4. The number of unbranched alkanes of at least 4 members (excludes halogenated alkanes) is 1. The van der Waals surface area contributed by atoms with Gasteiger partial charge in [0.2, 0.25) is 11.8 Å². The van der Waals surface area contributed by atoms with Crippen LogP contribution in [0.3, 0.4) is 0 Å². The summed E-state index contributed by atoms with van der Waals surface area (Å²) in [4.78, 5) is 19.2. The monoisotopic (exact) mass is 360 g/mol. The Morgan fingerprint density at radius 3 is 2.85 bits per heavy atom. The summed E-state index contributed by atoms with van der Waals surface area (Å²) in [7, 11) is 0. The molecule has 8 heteroatoms. The topological polar surface area (TPSA) is 89.1 Å². The number of anilines is 1. The largest absolute Gasteiger partial charge is 0.338 e. The van der Waals surface area contributed by atoms with Crippen LogP contribution in [0.25, 0.3) is 0 Å². The second-order valence-electron chi connectivity index (χ2n) is 6.83. The van der Waals surface area contributed by atoms with Gasteiger partial charge in [0, 0.05) is 25.1 Å². The van der Waals surface area contributed by atoms with Crippen molar-refractivity contribution in [3.8, 4) is 0 Å². The number of piperidine rings is 1. The maximum absolute atomic E-state index is 12.4. The Hall–Kier alpha value is -2.22. The average molecular weight is 360 g/mol. The van der Waals surface area contributed by atoms with Crippen LogP contribution in [0.2, 0.25) is 0 Å². The van der Waals surface area contributed by atoms with Gasteiger partial charge in [0.15, 0.2) is 5.82 Å². The second-order valence-corrected chi connectivity index (χ2v) is 6.83. The average Bonchev–Trinajstić information content (AvgIpc) is 3.29. The number of nitrogens with zero attached hydrogens (tertiary/aromatic N) is 5. The van der Waals surface area contributed by atoms with Gasteiger partial charge in [0.25, 0.3) is 0 Å². The molecule has 0 aromatic carbocycles. The number of likely N-dealkylation sites (tertiary alicyclic amines) is 1. The molecule has 1 aliphatic rings. The summed E-state index contributed by atoms with van der Waals surface area (Å²) in [5, 5.41) is 11.2. The highest BCUT2D eigenvalue weighted by atomic mass is 16.5. The zero-order valence-electron chi connectivity index (χ0n) is 15.6. The van der Waals surface area contributed by atoms with Crippen LogP contribution in [0.15, 0.2) is 16.9 Å². The Bertz CT molecular complexity index is 702. The van der Waals surface area contributed by atoms with E-state index in [4.69, 9.17) is 4.52 Å². The number of hydrogen-bond acceptors (Lipinski definition) is 6. The molecule has 0 radical (unpaired) electrons. The van der Waals surface area contributed by atoms with Gasteiger partial charge in [0.1, 0.15) is 0 Å². The molecule has 1 aliphatic heterocycles. The van der Waals surface area contributed by atoms with E-state index in [0.29, 0.717) is 12.4 Å². The summed E-state index contributed by atoms with van der Waals surface area (Å²) in [6.07, 6.45) is 8.31. The SMILES string of the molecule is CCCCc1noc(CN2CCC(C(=O)Nc3cnn(CC)c3)CC2)n1. The molecular weight excluding hydrogens is 332 g/mol. The van der Waals surface area contributed by atoms with Crippen molar-refractivity contribution in [3.63, 3.8) is 0 Å². The van der Waals surface area contributed by atoms with Crippen molar-refractivity contribution in [1.82, 2.24) is 24.8 Å². The first-order chi connectivity index (χ1) is 12.7. The minimum Gasteiger partial charge on any atom is -0.338 e. The smallest absolute Gasteiger partial charge is 0.240 e. The first-order valence-electron chi connectivity index (χ1n) is 9.55. The number of aryl methyl sites for hydroxylation is 2. The van der Waals surface area contributed by atoms with E-state index in [0.717, 1.165) is 63.3 Å². The van der Waals surface area contributed by atoms with E-state index in [9.17, 15) is 4.79 Å². The highest BCUT2D eigenvalue weighted by Gasteiger charge is 2.26. The zero-order chi connectivity index (χ0) is 18.4. The first kappa shape index (κ1) is 18.6. The van der Waals surface area contributed by atoms with Crippen molar-refractivity contribution >= 4 is 11.6 Å². The van der Waals surface area contributed by atoms with Crippen LogP contribution < -0.4 is 5.32 Å². The van der Waals surface area contributed by atoms with Crippen molar-refractivity contribution in [2.45, 2.75) is 59.0 Å². The molecule has 0 spiro atoms. The number of nitrogens with one attached hydrogen (secondary N) is 1. The molecule has 1 N–H and O–H groups in total. The standard InChI is InChI=1S/C18H28N6O2/c1-3-5-6-16-21-17(26-22-16)13-23-9-7-14(8-10-23)18(25)20-15-11-19-24(4-2)12-15/h11-12,14H,3-10,13H2,1-2H3,(H,20,25). The van der Waals surface area contributed by atoms with Gasteiger partial charge in [-0.3, -0.25) is 14.4 Å². The zero-order valence-corrected chi connectivity index (χ0v) is 15.6. The van der Waals surface area contributed by atoms with Crippen molar-refractivity contribution < 1.29 is 9.32 Å². The van der Waals surface area contributed by atoms with Gasteiger partial charge < -0.3 is 9.84 Å². The molecule has 0 atom stereocenters. The van der Waals surface area contributed by atoms with Crippen molar-refractivity contribution in [3.05, 3.63) is 24.1 Å². The van der Waals surface area contributed by atoms with E-state index >= 15 is 0 Å². The summed E-state index contributed by atoms with van der Waals surface area (Å²) in [6.45, 7) is 7.35. The molecule has 2 aromatic rings. The van der Waals surface area contributed by atoms with Crippen LogP contribution in [0.4, 0.5) is 5.69 Å². The molecule has 1 saturated heterocycles. The normalized spacial score (nSPS) is 16.1. The minimum absolute atomic E-state index is 0.0408. The summed E-state index contributed by atoms with van der Waals surface area (Å²) >= 11 is 0. The van der Waals surface area contributed by atoms with Gasteiger partial charge in [-0.25, -0.2) is 0 Å². The molecule has 0 bridgehead atoms. The molecule has 2 aromatic heterocycles. The molecule has 26 heavy (non-hydrogen) atoms. The number of rotatable bonds is 8. The van der Waals surface area contributed by atoms with Crippen LogP contribution in [0.5, 0.6) is 0 Å². The minimum atomic E-state index is 0.0408. The number of amides is 1. The number of carbonyl (C=O) groups is 1. The van der Waals surface area contributed by atoms with Crippen LogP contribution in [-0.4, -0.2) is 43.8 Å². The molecule has 1 fully saturated rings. The fourth-order valence-electron chi connectivity index (χ4n) is 3.18. The lowest BCUT2D eigenvalue weighted by atomic mass is 9.96. The predicted molar refractivity (Wildman–Crippen MR) is 97.4 cm³/mol. The molecule has 0 aliphatic carbocycles. The predicted octanol–water partition coefficient (Wildman–Crippen LogP) is 2.48. The molecule has 8 nitrogen and oxygen atoms in total. The van der Waals surface area contributed by atoms with Gasteiger partial charge in [-0.15, -0.1) is 0 Å². The lowest BCUT2D eigenvalue weighted by molar-refractivity contribution is -0.121. The Morgan fingerprint density at radius 2 is 2.15 bits per heavy atom. The number of carbonyl (C=O) groups excluding carboxylic acids is 1. The molecule has 0 saturated carbocycles. The van der Waals surface area contributed by atoms with Gasteiger partial charge in [0.05, 0.1) is 18.4 Å². The van der Waals surface area contributed by atoms with Crippen molar-refractivity contribution in [2.24, 2.45) is 5.92 Å². The number of hydrogen-bond donors (Lipinski definition) is 1. The van der Waals surface area contributed by atoms with Gasteiger partial charge in [-0.1, -0.05) is 18.5 Å². The molecule has 0 unspecified atom stereocenters. The fraction of sp³-hybridized carbons (Fsp3) is 0.667. The quantitative estimate of drug-likeness (QED) is 0.778. The summed E-state index contributed by atoms with van der Waals surface area (Å²) in [5.41, 5.74) is 0.768. The third-order valence-electron chi connectivity index (χ3n) is 4.81. The Labute approximate surface area is 153 Å². The Morgan fingerprint density at radius 1 is 1.35 bits per heavy atom. The van der Waals surface area contributed by atoms with Crippen molar-refractivity contribution in [1.29, 1.82) is 0 Å². The summed E-state index contributed by atoms with van der Waals surface area (Å²) in [6, 6.07) is 0. The van der Waals surface area contributed by atoms with Crippen LogP contribution in [0.1, 0.15) is 51.2 Å². The maximum Gasteiger partial charge on any atom is 0.240 e. The van der Waals surface area contributed by atoms with E-state index in [2.05, 4.69) is 32.4 Å². The third kappa shape index (κ3) is 4.91. The summed E-state index contributed by atoms with van der Waals surface area (Å²) < 4.78 is 7.14. The highest BCUT2D eigenvalue weighted by molar-refractivity contribution is 5.92. The van der Waals surface area contributed by atoms with Gasteiger partial charge >= 0.3 is 0 Å². The van der Waals surface area contributed by atoms with E-state index in [1.165, 1.54) is 0 Å². The molecule has 3 rings (SSSR count). The molecular formula is C18H28N6O2. The number of aromatic nitrogens is 4. The molecule has 1 amide bonds. The van der Waals surface area contributed by atoms with Crippen LogP contribution >= 0.6 is 0 Å². The highest BCUT2D eigenvalue weighted by Crippen LogP contribution is 2.20.